The summed E-state index contributed by atoms with van der Waals surface area (Å²) < 4.78 is 0. The molecule has 1 fully saturated rings. The molecule has 0 aliphatic carbocycles. The smallest absolute Gasteiger partial charge is 0.222 e. The molecule has 4 nitrogen and oxygen atoms in total. The summed E-state index contributed by atoms with van der Waals surface area (Å²) >= 11 is 0. The largest absolute Gasteiger partial charge is 0.340 e. The third-order valence-electron chi connectivity index (χ3n) is 9.61. The van der Waals surface area contributed by atoms with Crippen molar-refractivity contribution in [3.63, 3.8) is 0 Å². The molecule has 1 amide bonds. The van der Waals surface area contributed by atoms with Gasteiger partial charge in [0, 0.05) is 25.4 Å². The van der Waals surface area contributed by atoms with Crippen molar-refractivity contribution in [1.29, 1.82) is 0 Å². The van der Waals surface area contributed by atoms with Crippen molar-refractivity contribution in [2.45, 2.75) is 208 Å². The fraction of sp³-hybridized carbons (Fsp3) is 0.949. The van der Waals surface area contributed by atoms with Crippen LogP contribution in [-0.4, -0.2) is 53.7 Å². The average molecular weight is 605 g/mol. The standard InChI is InChI=1S/C39H76N2O2/c1-6-7-8-9-17-22-30-38(43)41(35-26-34-40-32-24-25-33-40)37(28-20-15-11-10-14-19-27-36(2)42)29-21-16-12-13-18-23-31-39(3,4)5/h37H,6-35H2,1-5H3. The van der Waals surface area contributed by atoms with E-state index < -0.39 is 0 Å². The Balaban J connectivity index is 2.64. The Hall–Kier alpha value is -0.900. The maximum Gasteiger partial charge on any atom is 0.222 e. The second kappa shape index (κ2) is 26.3. The molecule has 1 aliphatic heterocycles. The number of nitrogens with zero attached hydrogens (tertiary/aromatic N) is 2. The first kappa shape index (κ1) is 40.1. The lowest BCUT2D eigenvalue weighted by atomic mass is 9.89. The number of carbonyl (C=O) groups excluding carboxylic acids is 2. The Morgan fingerprint density at radius 2 is 1.14 bits per heavy atom. The zero-order chi connectivity index (χ0) is 31.6. The van der Waals surface area contributed by atoms with Crippen molar-refractivity contribution < 1.29 is 9.59 Å². The zero-order valence-electron chi connectivity index (χ0n) is 30.0. The van der Waals surface area contributed by atoms with Gasteiger partial charge in [-0.15, -0.1) is 0 Å². The highest BCUT2D eigenvalue weighted by Gasteiger charge is 2.23. The van der Waals surface area contributed by atoms with Crippen molar-refractivity contribution in [2.24, 2.45) is 5.41 Å². The highest BCUT2D eigenvalue weighted by atomic mass is 16.2. The van der Waals surface area contributed by atoms with E-state index >= 15 is 0 Å². The van der Waals surface area contributed by atoms with Gasteiger partial charge in [-0.3, -0.25) is 4.79 Å². The van der Waals surface area contributed by atoms with Gasteiger partial charge in [0.05, 0.1) is 0 Å². The highest BCUT2D eigenvalue weighted by molar-refractivity contribution is 5.76. The predicted molar refractivity (Wildman–Crippen MR) is 188 cm³/mol. The first-order valence-electron chi connectivity index (χ1n) is 19.2. The van der Waals surface area contributed by atoms with Crippen LogP contribution in [0.2, 0.25) is 0 Å². The number of rotatable bonds is 29. The Morgan fingerprint density at radius 1 is 0.651 bits per heavy atom. The Morgan fingerprint density at radius 3 is 1.67 bits per heavy atom. The number of hydrogen-bond donors (Lipinski definition) is 0. The van der Waals surface area contributed by atoms with Crippen LogP contribution in [0.4, 0.5) is 0 Å². The van der Waals surface area contributed by atoms with E-state index in [-0.39, 0.29) is 0 Å². The van der Waals surface area contributed by atoms with Crippen molar-refractivity contribution in [3.8, 4) is 0 Å². The molecule has 43 heavy (non-hydrogen) atoms. The van der Waals surface area contributed by atoms with Gasteiger partial charge >= 0.3 is 0 Å². The van der Waals surface area contributed by atoms with Crippen molar-refractivity contribution in [3.05, 3.63) is 0 Å². The number of carbonyl (C=O) groups is 2. The summed E-state index contributed by atoms with van der Waals surface area (Å²) in [6.45, 7) is 15.6. The van der Waals surface area contributed by atoms with Crippen LogP contribution in [0.3, 0.4) is 0 Å². The minimum Gasteiger partial charge on any atom is -0.340 e. The SMILES string of the molecule is CCCCCCCCC(=O)N(CCCN1CCCC1)C(CCCCCCCCC(C)=O)CCCCCCCCC(C)(C)C. The molecule has 0 aromatic rings. The molecule has 0 radical (unpaired) electrons. The Kier molecular flexibility index (Phi) is 24.6. The van der Waals surface area contributed by atoms with Gasteiger partial charge in [0.2, 0.25) is 5.91 Å². The highest BCUT2D eigenvalue weighted by Crippen LogP contribution is 2.24. The fourth-order valence-corrected chi connectivity index (χ4v) is 6.84. The molecular formula is C39H76N2O2. The van der Waals surface area contributed by atoms with Crippen LogP contribution in [0.25, 0.3) is 0 Å². The summed E-state index contributed by atoms with van der Waals surface area (Å²) in [5, 5.41) is 0. The summed E-state index contributed by atoms with van der Waals surface area (Å²) in [4.78, 5) is 29.9. The quantitative estimate of drug-likeness (QED) is 0.0797. The summed E-state index contributed by atoms with van der Waals surface area (Å²) in [5.74, 6) is 0.761. The molecule has 254 valence electrons. The molecule has 0 bridgehead atoms. The lowest BCUT2D eigenvalue weighted by molar-refractivity contribution is -0.134. The van der Waals surface area contributed by atoms with E-state index in [1.165, 1.54) is 148 Å². The van der Waals surface area contributed by atoms with E-state index in [1.54, 1.807) is 6.92 Å². The number of unbranched alkanes of at least 4 members (excludes halogenated alkanes) is 15. The predicted octanol–water partition coefficient (Wildman–Crippen LogP) is 11.3. The van der Waals surface area contributed by atoms with Gasteiger partial charge in [0.1, 0.15) is 5.78 Å². The molecular weight excluding hydrogens is 528 g/mol. The molecule has 0 aromatic carbocycles. The number of amides is 1. The molecule has 0 aromatic heterocycles. The molecule has 1 unspecified atom stereocenters. The molecule has 4 heteroatoms. The van der Waals surface area contributed by atoms with Gasteiger partial charge in [-0.2, -0.15) is 0 Å². The second-order valence-corrected chi connectivity index (χ2v) is 15.2. The lowest BCUT2D eigenvalue weighted by Gasteiger charge is -2.33. The van der Waals surface area contributed by atoms with Crippen molar-refractivity contribution in [2.75, 3.05) is 26.2 Å². The van der Waals surface area contributed by atoms with Crippen LogP contribution in [-0.2, 0) is 9.59 Å². The van der Waals surface area contributed by atoms with Crippen LogP contribution in [0.1, 0.15) is 202 Å². The van der Waals surface area contributed by atoms with E-state index in [4.69, 9.17) is 0 Å². The number of hydrogen-bond acceptors (Lipinski definition) is 3. The Labute approximate surface area is 269 Å². The van der Waals surface area contributed by atoms with E-state index in [0.29, 0.717) is 23.1 Å². The summed E-state index contributed by atoms with van der Waals surface area (Å²) in [5.41, 5.74) is 0.460. The van der Waals surface area contributed by atoms with Crippen molar-refractivity contribution >= 4 is 11.7 Å². The maximum atomic E-state index is 13.7. The monoisotopic (exact) mass is 605 g/mol. The number of Topliss-reactive ketones (excluding diaryl/α,β-unsaturated/α-hetero) is 1. The molecule has 0 N–H and O–H groups in total. The Bertz CT molecular complexity index is 665. The topological polar surface area (TPSA) is 40.6 Å². The minimum atomic E-state index is 0.322. The number of ketones is 1. The molecule has 1 aliphatic rings. The van der Waals surface area contributed by atoms with Crippen molar-refractivity contribution in [1.82, 2.24) is 9.80 Å². The van der Waals surface area contributed by atoms with Gasteiger partial charge < -0.3 is 14.6 Å². The van der Waals surface area contributed by atoms with E-state index in [2.05, 4.69) is 37.5 Å². The number of likely N-dealkylation sites (tertiary alicyclic amines) is 1. The van der Waals surface area contributed by atoms with Gasteiger partial charge in [-0.25, -0.2) is 0 Å². The summed E-state index contributed by atoms with van der Waals surface area (Å²) in [7, 11) is 0. The third kappa shape index (κ3) is 24.1. The second-order valence-electron chi connectivity index (χ2n) is 15.2. The van der Waals surface area contributed by atoms with E-state index in [9.17, 15) is 9.59 Å². The van der Waals surface area contributed by atoms with Crippen LogP contribution in [0, 0.1) is 5.41 Å². The van der Waals surface area contributed by atoms with Crippen LogP contribution >= 0.6 is 0 Å². The fourth-order valence-electron chi connectivity index (χ4n) is 6.84. The van der Waals surface area contributed by atoms with E-state index in [0.717, 1.165) is 45.2 Å². The summed E-state index contributed by atoms with van der Waals surface area (Å²) in [6, 6.07) is 0.421. The molecule has 1 saturated heterocycles. The van der Waals surface area contributed by atoms with Crippen LogP contribution in [0.15, 0.2) is 0 Å². The molecule has 1 heterocycles. The minimum absolute atomic E-state index is 0.322. The normalized spacial score (nSPS) is 14.8. The lowest BCUT2D eigenvalue weighted by Crippen LogP contribution is -2.42. The molecule has 1 atom stereocenters. The molecule has 0 spiro atoms. The van der Waals surface area contributed by atoms with Gasteiger partial charge in [-0.1, -0.05) is 130 Å². The summed E-state index contributed by atoms with van der Waals surface area (Å²) in [6.07, 6.45) is 31.7. The first-order chi connectivity index (χ1) is 20.7. The zero-order valence-corrected chi connectivity index (χ0v) is 30.0. The first-order valence-corrected chi connectivity index (χ1v) is 19.2. The molecule has 0 saturated carbocycles. The third-order valence-corrected chi connectivity index (χ3v) is 9.61. The van der Waals surface area contributed by atoms with Crippen LogP contribution < -0.4 is 0 Å². The van der Waals surface area contributed by atoms with Gasteiger partial charge in [0.25, 0.3) is 0 Å². The van der Waals surface area contributed by atoms with Gasteiger partial charge in [-0.05, 0) is 83.3 Å². The van der Waals surface area contributed by atoms with Crippen LogP contribution in [0.5, 0.6) is 0 Å². The average Bonchev–Trinajstić information content (AvgIpc) is 3.47. The molecule has 1 rings (SSSR count). The maximum absolute atomic E-state index is 13.7. The van der Waals surface area contributed by atoms with E-state index in [1.807, 2.05) is 0 Å². The van der Waals surface area contributed by atoms with Gasteiger partial charge in [0.15, 0.2) is 0 Å².